The molecule has 0 bridgehead atoms. The Bertz CT molecular complexity index is 2480. The quantitative estimate of drug-likeness (QED) is 0.0736. The van der Waals surface area contributed by atoms with Gasteiger partial charge in [0, 0.05) is 71.4 Å². The zero-order valence-electron chi connectivity index (χ0n) is 41.4. The number of amides is 2. The lowest BCUT2D eigenvalue weighted by Crippen LogP contribution is -2.37. The molecule has 0 saturated carbocycles. The third kappa shape index (κ3) is 12.3. The summed E-state index contributed by atoms with van der Waals surface area (Å²) in [5, 5.41) is 2.01. The van der Waals surface area contributed by atoms with Crippen LogP contribution in [-0.4, -0.2) is 105 Å². The van der Waals surface area contributed by atoms with E-state index < -0.39 is 27.3 Å². The zero-order valence-corrected chi connectivity index (χ0v) is 43.4. The zero-order chi connectivity index (χ0) is 47.6. The van der Waals surface area contributed by atoms with E-state index in [9.17, 15) is 9.59 Å². The maximum Gasteiger partial charge on any atom is 0.410 e. The summed E-state index contributed by atoms with van der Waals surface area (Å²) in [5.74, 6) is 1.59. The third-order valence-corrected chi connectivity index (χ3v) is 15.3. The molecule has 14 nitrogen and oxygen atoms in total. The summed E-state index contributed by atoms with van der Waals surface area (Å²) in [6.07, 6.45) is 10.2. The van der Waals surface area contributed by atoms with Gasteiger partial charge in [-0.3, -0.25) is 19.8 Å². The number of fused-ring (bicyclic) bond motifs is 1. The Hall–Kier alpha value is -4.91. The number of hydrogen-bond donors (Lipinski definition) is 0. The first-order valence-corrected chi connectivity index (χ1v) is 31.1. The molecule has 2 saturated heterocycles. The number of nitrogens with zero attached hydrogens (tertiary/aromatic N) is 8. The Labute approximate surface area is 393 Å². The fourth-order valence-electron chi connectivity index (χ4n) is 8.40. The first-order chi connectivity index (χ1) is 31.0. The molecule has 2 aliphatic rings. The maximum absolute atomic E-state index is 13.4. The van der Waals surface area contributed by atoms with Crippen molar-refractivity contribution in [2.75, 3.05) is 26.3 Å². The number of carbonyl (C=O) groups excluding carboxylic acids is 2. The van der Waals surface area contributed by atoms with Gasteiger partial charge in [-0.15, -0.1) is 0 Å². The number of imidazole rings is 2. The number of ether oxygens (including phenoxy) is 4. The van der Waals surface area contributed by atoms with Crippen LogP contribution in [0.1, 0.15) is 91.0 Å². The van der Waals surface area contributed by atoms with Crippen LogP contribution in [0.5, 0.6) is 0 Å². The van der Waals surface area contributed by atoms with Crippen molar-refractivity contribution in [2.24, 2.45) is 0 Å². The summed E-state index contributed by atoms with van der Waals surface area (Å²) in [6, 6.07) is 14.1. The standard InChI is InChI=1S/C50H72N8O6Si2/c1-49(2,3)63-47(59)55-21-13-15-41(55)45-53-31-43(57(45)33-61-23-25-65(7,8)9)36-18-17-35-28-40(52-30-38(35)27-36)39-20-19-37(29-51-39)44-32-54-46(58(44)34-62-24-26-66(10,11)12)42-16-14-22-56(42)48(60)64-50(4,5)6/h17-20,27-32,41-42H,13-16,21-26,33-34H2,1-12H3/t41-,42-/m0/s1. The van der Waals surface area contributed by atoms with E-state index in [0.717, 1.165) is 94.1 Å². The lowest BCUT2D eigenvalue weighted by Gasteiger charge is -2.29. The average molecular weight is 937 g/mol. The van der Waals surface area contributed by atoms with E-state index in [1.54, 1.807) is 4.90 Å². The summed E-state index contributed by atoms with van der Waals surface area (Å²) >= 11 is 0. The van der Waals surface area contributed by atoms with Crippen LogP contribution >= 0.6 is 0 Å². The monoisotopic (exact) mass is 937 g/mol. The van der Waals surface area contributed by atoms with Crippen molar-refractivity contribution in [3.63, 3.8) is 0 Å². The van der Waals surface area contributed by atoms with Gasteiger partial charge < -0.3 is 28.1 Å². The molecule has 0 radical (unpaired) electrons. The Morgan fingerprint density at radius 2 is 1.08 bits per heavy atom. The maximum atomic E-state index is 13.4. The van der Waals surface area contributed by atoms with Gasteiger partial charge >= 0.3 is 12.2 Å². The van der Waals surface area contributed by atoms with E-state index in [4.69, 9.17) is 38.9 Å². The number of rotatable bonds is 15. The van der Waals surface area contributed by atoms with Gasteiger partial charge in [0.2, 0.25) is 0 Å². The first-order valence-electron chi connectivity index (χ1n) is 23.7. The summed E-state index contributed by atoms with van der Waals surface area (Å²) in [4.78, 5) is 50.0. The van der Waals surface area contributed by atoms with Crippen LogP contribution in [0.2, 0.25) is 51.4 Å². The van der Waals surface area contributed by atoms with Crippen molar-refractivity contribution in [1.82, 2.24) is 38.9 Å². The van der Waals surface area contributed by atoms with E-state index in [-0.39, 0.29) is 24.3 Å². The van der Waals surface area contributed by atoms with Crippen molar-refractivity contribution in [1.29, 1.82) is 0 Å². The molecule has 0 unspecified atom stereocenters. The van der Waals surface area contributed by atoms with Crippen LogP contribution in [0.3, 0.4) is 0 Å². The molecule has 0 spiro atoms. The molecule has 0 aliphatic carbocycles. The van der Waals surface area contributed by atoms with Crippen LogP contribution < -0.4 is 0 Å². The molecule has 2 amide bonds. The highest BCUT2D eigenvalue weighted by Crippen LogP contribution is 2.38. The second-order valence-electron chi connectivity index (χ2n) is 22.3. The molecule has 0 N–H and O–H groups in total. The number of benzene rings is 1. The van der Waals surface area contributed by atoms with Gasteiger partial charge in [0.05, 0.1) is 47.3 Å². The minimum Gasteiger partial charge on any atom is -0.444 e. The fourth-order valence-corrected chi connectivity index (χ4v) is 9.91. The second kappa shape index (κ2) is 19.7. The fraction of sp³-hybridized carbons (Fsp3) is 0.560. The third-order valence-electron chi connectivity index (χ3n) is 11.9. The lowest BCUT2D eigenvalue weighted by molar-refractivity contribution is 0.0195. The number of carbonyl (C=O) groups is 2. The second-order valence-corrected chi connectivity index (χ2v) is 33.5. The predicted octanol–water partition coefficient (Wildman–Crippen LogP) is 11.8. The van der Waals surface area contributed by atoms with Crippen LogP contribution in [0.15, 0.2) is 61.2 Å². The summed E-state index contributed by atoms with van der Waals surface area (Å²) < 4.78 is 28.5. The molecule has 6 heterocycles. The smallest absolute Gasteiger partial charge is 0.410 e. The Balaban J connectivity index is 1.14. The van der Waals surface area contributed by atoms with Gasteiger partial charge in [-0.05, 0) is 109 Å². The van der Waals surface area contributed by atoms with E-state index in [0.29, 0.717) is 39.8 Å². The van der Waals surface area contributed by atoms with Gasteiger partial charge in [-0.1, -0.05) is 51.4 Å². The normalized spacial score (nSPS) is 17.3. The molecule has 2 atom stereocenters. The van der Waals surface area contributed by atoms with Gasteiger partial charge in [0.1, 0.15) is 36.3 Å². The van der Waals surface area contributed by atoms with Crippen LogP contribution in [0.25, 0.3) is 44.7 Å². The molecule has 4 aromatic heterocycles. The molecule has 5 aromatic rings. The molecule has 66 heavy (non-hydrogen) atoms. The summed E-state index contributed by atoms with van der Waals surface area (Å²) in [7, 11) is -2.61. The SMILES string of the molecule is CC(C)(C)OC(=O)N1CCC[C@H]1c1ncc(-c2ccc(-c3cc4ccc(-c5cnc([C@@H]6CCCN6C(=O)OC(C)(C)C)n5COCC[Si](C)(C)C)cc4cn3)nc2)n1COCC[Si](C)(C)C. The van der Waals surface area contributed by atoms with Crippen LogP contribution in [0, 0.1) is 0 Å². The molecular formula is C50H72N8O6Si2. The van der Waals surface area contributed by atoms with E-state index in [1.807, 2.05) is 77.3 Å². The first kappa shape index (κ1) is 49.0. The van der Waals surface area contributed by atoms with Crippen LogP contribution in [0.4, 0.5) is 9.59 Å². The van der Waals surface area contributed by atoms with Crippen molar-refractivity contribution in [3.8, 4) is 33.9 Å². The van der Waals surface area contributed by atoms with Gasteiger partial charge in [0.25, 0.3) is 0 Å². The van der Waals surface area contributed by atoms with E-state index >= 15 is 0 Å². The predicted molar refractivity (Wildman–Crippen MR) is 265 cm³/mol. The Morgan fingerprint density at radius 1 is 0.591 bits per heavy atom. The highest BCUT2D eigenvalue weighted by Gasteiger charge is 2.38. The summed E-state index contributed by atoms with van der Waals surface area (Å²) in [5.41, 5.74) is 4.00. The van der Waals surface area contributed by atoms with Gasteiger partial charge in [0.15, 0.2) is 0 Å². The molecular weight excluding hydrogens is 865 g/mol. The van der Waals surface area contributed by atoms with Crippen molar-refractivity contribution < 1.29 is 28.5 Å². The number of pyridine rings is 2. The number of likely N-dealkylation sites (tertiary alicyclic amines) is 2. The molecule has 1 aromatic carbocycles. The minimum absolute atomic E-state index is 0.213. The van der Waals surface area contributed by atoms with Crippen LogP contribution in [-0.2, 0) is 32.4 Å². The van der Waals surface area contributed by atoms with Crippen molar-refractivity contribution >= 4 is 39.1 Å². The van der Waals surface area contributed by atoms with Crippen molar-refractivity contribution in [3.05, 3.63) is 72.8 Å². The molecule has 7 rings (SSSR count). The Morgan fingerprint density at radius 3 is 1.55 bits per heavy atom. The summed E-state index contributed by atoms with van der Waals surface area (Å²) in [6.45, 7) is 28.7. The average Bonchev–Trinajstić information content (AvgIpc) is 4.05. The number of hydrogen-bond acceptors (Lipinski definition) is 10. The minimum atomic E-state index is -1.30. The van der Waals surface area contributed by atoms with E-state index in [2.05, 4.69) is 78.7 Å². The molecule has 16 heteroatoms. The highest BCUT2D eigenvalue weighted by molar-refractivity contribution is 6.76. The Kier molecular flexibility index (Phi) is 14.7. The van der Waals surface area contributed by atoms with Crippen molar-refractivity contribution in [2.45, 2.75) is 155 Å². The topological polar surface area (TPSA) is 139 Å². The largest absolute Gasteiger partial charge is 0.444 e. The van der Waals surface area contributed by atoms with Gasteiger partial charge in [-0.2, -0.15) is 0 Å². The number of aromatic nitrogens is 6. The molecule has 2 aliphatic heterocycles. The van der Waals surface area contributed by atoms with E-state index in [1.165, 1.54) is 0 Å². The van der Waals surface area contributed by atoms with Gasteiger partial charge in [-0.25, -0.2) is 19.6 Å². The lowest BCUT2D eigenvalue weighted by atomic mass is 10.1. The molecule has 356 valence electrons. The highest BCUT2D eigenvalue weighted by atomic mass is 28.3. The molecule has 2 fully saturated rings.